The Labute approximate surface area is 77.7 Å². The molecular weight excluding hydrogens is 168 g/mol. The van der Waals surface area contributed by atoms with E-state index in [1.807, 2.05) is 20.8 Å². The van der Waals surface area contributed by atoms with Crippen molar-refractivity contribution in [3.05, 3.63) is 11.9 Å². The molecule has 0 unspecified atom stereocenters. The van der Waals surface area contributed by atoms with E-state index in [1.54, 1.807) is 0 Å². The van der Waals surface area contributed by atoms with Crippen molar-refractivity contribution in [2.75, 3.05) is 5.73 Å². The smallest absolute Gasteiger partial charge is 0.269 e. The van der Waals surface area contributed by atoms with Crippen LogP contribution >= 0.6 is 0 Å². The minimum absolute atomic E-state index is 0.285. The van der Waals surface area contributed by atoms with Crippen LogP contribution in [0.1, 0.15) is 31.3 Å². The molecule has 1 heterocycles. The number of nitrogen functional groups attached to an aromatic ring is 1. The van der Waals surface area contributed by atoms with Gasteiger partial charge in [-0.15, -0.1) is 0 Å². The summed E-state index contributed by atoms with van der Waals surface area (Å²) < 4.78 is 1.47. The van der Waals surface area contributed by atoms with Crippen LogP contribution in [0.4, 0.5) is 5.69 Å². The number of anilines is 1. The lowest BCUT2D eigenvalue weighted by molar-refractivity contribution is 0.0991. The van der Waals surface area contributed by atoms with Gasteiger partial charge in [-0.05, 0) is 6.92 Å². The Balaban J connectivity index is 0.000000671. The highest BCUT2D eigenvalue weighted by atomic mass is 16.1. The maximum atomic E-state index is 10.7. The molecule has 0 radical (unpaired) electrons. The van der Waals surface area contributed by atoms with Crippen molar-refractivity contribution in [2.45, 2.75) is 27.3 Å². The Morgan fingerprint density at radius 1 is 1.62 bits per heavy atom. The molecule has 0 aromatic carbocycles. The third kappa shape index (κ3) is 2.47. The molecule has 0 saturated heterocycles. The highest BCUT2D eigenvalue weighted by molar-refractivity contribution is 5.96. The van der Waals surface area contributed by atoms with Crippen molar-refractivity contribution in [3.63, 3.8) is 0 Å². The van der Waals surface area contributed by atoms with E-state index in [0.29, 0.717) is 12.2 Å². The molecular formula is C8H16N4O. The molecule has 0 atom stereocenters. The van der Waals surface area contributed by atoms with Gasteiger partial charge >= 0.3 is 0 Å². The summed E-state index contributed by atoms with van der Waals surface area (Å²) >= 11 is 0. The molecule has 5 heteroatoms. The number of rotatable bonds is 2. The van der Waals surface area contributed by atoms with Gasteiger partial charge in [-0.1, -0.05) is 13.8 Å². The molecule has 74 valence electrons. The second kappa shape index (κ2) is 5.18. The zero-order chi connectivity index (χ0) is 10.4. The Kier molecular flexibility index (Phi) is 4.58. The van der Waals surface area contributed by atoms with Crippen LogP contribution in [0.3, 0.4) is 0 Å². The molecule has 0 aliphatic rings. The van der Waals surface area contributed by atoms with E-state index in [1.165, 1.54) is 10.9 Å². The Morgan fingerprint density at radius 3 is 2.46 bits per heavy atom. The topological polar surface area (TPSA) is 86.9 Å². The molecule has 0 fully saturated rings. The van der Waals surface area contributed by atoms with Crippen LogP contribution in [0.2, 0.25) is 0 Å². The summed E-state index contributed by atoms with van der Waals surface area (Å²) in [6, 6.07) is 0. The van der Waals surface area contributed by atoms with Crippen LogP contribution in [0, 0.1) is 0 Å². The van der Waals surface area contributed by atoms with Gasteiger partial charge in [0.2, 0.25) is 0 Å². The fourth-order valence-corrected chi connectivity index (χ4v) is 0.909. The molecule has 5 nitrogen and oxygen atoms in total. The number of hydrogen-bond acceptors (Lipinski definition) is 3. The number of nitrogens with zero attached hydrogens (tertiary/aromatic N) is 2. The van der Waals surface area contributed by atoms with Gasteiger partial charge < -0.3 is 11.5 Å². The number of carbonyl (C=O) groups excluding carboxylic acids is 1. The molecule has 1 rings (SSSR count). The van der Waals surface area contributed by atoms with Gasteiger partial charge in [0, 0.05) is 6.54 Å². The first-order valence-corrected chi connectivity index (χ1v) is 4.28. The molecule has 0 spiro atoms. The quantitative estimate of drug-likeness (QED) is 0.706. The molecule has 4 N–H and O–H groups in total. The highest BCUT2D eigenvalue weighted by Crippen LogP contribution is 2.08. The largest absolute Gasteiger partial charge is 0.396 e. The van der Waals surface area contributed by atoms with Gasteiger partial charge in [-0.2, -0.15) is 5.10 Å². The summed E-state index contributed by atoms with van der Waals surface area (Å²) in [6.45, 7) is 6.45. The maximum absolute atomic E-state index is 10.7. The highest BCUT2D eigenvalue weighted by Gasteiger charge is 2.11. The predicted octanol–water partition coefficient (Wildman–Crippen LogP) is 0.610. The Hall–Kier alpha value is -1.52. The molecule has 13 heavy (non-hydrogen) atoms. The summed E-state index contributed by atoms with van der Waals surface area (Å²) in [5, 5.41) is 3.85. The number of aromatic nitrogens is 2. The lowest BCUT2D eigenvalue weighted by atomic mass is 10.3. The summed E-state index contributed by atoms with van der Waals surface area (Å²) in [5.74, 6) is -0.540. The summed E-state index contributed by atoms with van der Waals surface area (Å²) in [5.41, 5.74) is 11.1. The predicted molar refractivity (Wildman–Crippen MR) is 52.2 cm³/mol. The summed E-state index contributed by atoms with van der Waals surface area (Å²) in [6.07, 6.45) is 1.42. The average Bonchev–Trinajstić information content (AvgIpc) is 2.50. The van der Waals surface area contributed by atoms with Gasteiger partial charge in [0.1, 0.15) is 5.69 Å². The summed E-state index contributed by atoms with van der Waals surface area (Å²) in [4.78, 5) is 10.7. The van der Waals surface area contributed by atoms with Crippen molar-refractivity contribution in [1.82, 2.24) is 9.78 Å². The van der Waals surface area contributed by atoms with Crippen molar-refractivity contribution in [1.29, 1.82) is 0 Å². The molecule has 0 aliphatic heterocycles. The number of aryl methyl sites for hydroxylation is 1. The van der Waals surface area contributed by atoms with Crippen LogP contribution in [0.5, 0.6) is 0 Å². The van der Waals surface area contributed by atoms with Gasteiger partial charge in [-0.3, -0.25) is 9.48 Å². The van der Waals surface area contributed by atoms with Gasteiger partial charge in [-0.25, -0.2) is 0 Å². The first-order valence-electron chi connectivity index (χ1n) is 4.28. The van der Waals surface area contributed by atoms with E-state index in [2.05, 4.69) is 5.10 Å². The number of amides is 1. The molecule has 1 aromatic heterocycles. The monoisotopic (exact) mass is 184 g/mol. The van der Waals surface area contributed by atoms with Crippen molar-refractivity contribution in [3.8, 4) is 0 Å². The zero-order valence-electron chi connectivity index (χ0n) is 8.24. The molecule has 0 bridgehead atoms. The van der Waals surface area contributed by atoms with E-state index in [-0.39, 0.29) is 5.69 Å². The van der Waals surface area contributed by atoms with E-state index >= 15 is 0 Å². The summed E-state index contributed by atoms with van der Waals surface area (Å²) in [7, 11) is 0. The zero-order valence-corrected chi connectivity index (χ0v) is 8.24. The van der Waals surface area contributed by atoms with Gasteiger partial charge in [0.25, 0.3) is 5.91 Å². The van der Waals surface area contributed by atoms with Crippen molar-refractivity contribution >= 4 is 11.6 Å². The maximum Gasteiger partial charge on any atom is 0.269 e. The second-order valence-electron chi connectivity index (χ2n) is 2.13. The van der Waals surface area contributed by atoms with E-state index in [0.717, 1.165) is 0 Å². The number of hydrogen-bond donors (Lipinski definition) is 2. The van der Waals surface area contributed by atoms with Crippen LogP contribution in [-0.2, 0) is 6.54 Å². The Morgan fingerprint density at radius 2 is 2.15 bits per heavy atom. The Bertz CT molecular complexity index is 280. The minimum Gasteiger partial charge on any atom is -0.396 e. The van der Waals surface area contributed by atoms with Crippen LogP contribution < -0.4 is 11.5 Å². The molecule has 0 saturated carbocycles. The van der Waals surface area contributed by atoms with E-state index < -0.39 is 5.91 Å². The molecule has 0 aliphatic carbocycles. The van der Waals surface area contributed by atoms with Gasteiger partial charge in [0.05, 0.1) is 11.9 Å². The minimum atomic E-state index is -0.540. The second-order valence-corrected chi connectivity index (χ2v) is 2.13. The number of carbonyl (C=O) groups is 1. The first kappa shape index (κ1) is 11.5. The fourth-order valence-electron chi connectivity index (χ4n) is 0.909. The van der Waals surface area contributed by atoms with Crippen LogP contribution in [0.15, 0.2) is 6.20 Å². The SMILES string of the molecule is CC.CCn1ncc(N)c1C(N)=O. The number of nitrogens with two attached hydrogens (primary N) is 2. The molecule has 1 aromatic rings. The van der Waals surface area contributed by atoms with Crippen LogP contribution in [0.25, 0.3) is 0 Å². The van der Waals surface area contributed by atoms with E-state index in [4.69, 9.17) is 11.5 Å². The standard InChI is InChI=1S/C6H10N4O.C2H6/c1-2-10-5(6(8)11)4(7)3-9-10;1-2/h3H,2,7H2,1H3,(H2,8,11);1-2H3. The first-order chi connectivity index (χ1) is 6.16. The van der Waals surface area contributed by atoms with Gasteiger partial charge in [0.15, 0.2) is 0 Å². The van der Waals surface area contributed by atoms with E-state index in [9.17, 15) is 4.79 Å². The fraction of sp³-hybridized carbons (Fsp3) is 0.500. The van der Waals surface area contributed by atoms with Crippen LogP contribution in [-0.4, -0.2) is 15.7 Å². The lowest BCUT2D eigenvalue weighted by Gasteiger charge is -1.99. The lowest BCUT2D eigenvalue weighted by Crippen LogP contribution is -2.18. The third-order valence-electron chi connectivity index (χ3n) is 1.40. The molecule has 1 amide bonds. The normalized spacial score (nSPS) is 8.85. The average molecular weight is 184 g/mol. The van der Waals surface area contributed by atoms with Crippen molar-refractivity contribution in [2.24, 2.45) is 5.73 Å². The number of primary amides is 1. The van der Waals surface area contributed by atoms with Crippen molar-refractivity contribution < 1.29 is 4.79 Å². The third-order valence-corrected chi connectivity index (χ3v) is 1.40.